The first-order chi connectivity index (χ1) is 17.8. The Hall–Kier alpha value is -1.43. The number of benzene rings is 1. The van der Waals surface area contributed by atoms with Crippen molar-refractivity contribution in [2.75, 3.05) is 7.11 Å². The number of H-pyrrole nitrogens is 1. The highest BCUT2D eigenvalue weighted by Gasteiger charge is 2.69. The molecule has 0 aliphatic heterocycles. The molecule has 5 heteroatoms. The van der Waals surface area contributed by atoms with Crippen molar-refractivity contribution >= 4 is 11.0 Å². The van der Waals surface area contributed by atoms with Crippen LogP contribution in [0.1, 0.15) is 82.5 Å². The van der Waals surface area contributed by atoms with Crippen LogP contribution in [0.15, 0.2) is 18.2 Å². The number of para-hydroxylation sites is 1. The molecule has 5 aliphatic rings. The Bertz CT molecular complexity index is 1160. The molecular weight excluding hydrogens is 460 g/mol. The van der Waals surface area contributed by atoms with Gasteiger partial charge in [0, 0.05) is 18.9 Å². The predicted molar refractivity (Wildman–Crippen MR) is 145 cm³/mol. The number of imidazole rings is 1. The number of hydrogen-bond donors (Lipinski definition) is 3. The molecule has 11 atom stereocenters. The lowest BCUT2D eigenvalue weighted by Gasteiger charge is -2.64. The Morgan fingerprint density at radius 1 is 1.03 bits per heavy atom. The summed E-state index contributed by atoms with van der Waals surface area (Å²) in [6.45, 7) is 4.64. The lowest BCUT2D eigenvalue weighted by molar-refractivity contribution is -0.211. The third kappa shape index (κ3) is 3.49. The van der Waals surface area contributed by atoms with Crippen LogP contribution >= 0.6 is 0 Å². The van der Waals surface area contributed by atoms with E-state index in [4.69, 9.17) is 9.72 Å². The molecule has 0 radical (unpaired) electrons. The van der Waals surface area contributed by atoms with Crippen LogP contribution in [0.25, 0.3) is 11.0 Å². The van der Waals surface area contributed by atoms with Gasteiger partial charge in [-0.15, -0.1) is 0 Å². The van der Waals surface area contributed by atoms with E-state index < -0.39 is 0 Å². The molecule has 1 aromatic heterocycles. The van der Waals surface area contributed by atoms with Crippen LogP contribution < -0.4 is 0 Å². The molecule has 0 amide bonds. The molecule has 0 saturated heterocycles. The quantitative estimate of drug-likeness (QED) is 0.489. The highest BCUT2D eigenvalue weighted by atomic mass is 16.5. The standard InChI is InChI=1S/C32H46N2O3/c1-18-5-4-6-25-30(18)34-28(33-25)10-7-19-11-14-32-22(19)8-9-23(32)29-24(17-27(32)37-3)31(2)13-12-21(35)15-20(31)16-26(29)36/h4-6,19-24,26-27,29,35-36H,7-17H2,1-3H3,(H,33,34)/t19?,20-,21+,22+,23-,24-,26+,27-,29-,31-,32+/m0/s1. The molecule has 5 aliphatic carbocycles. The van der Waals surface area contributed by atoms with Gasteiger partial charge >= 0.3 is 0 Å². The van der Waals surface area contributed by atoms with Crippen LogP contribution in [0.2, 0.25) is 0 Å². The van der Waals surface area contributed by atoms with Crippen LogP contribution in [0.3, 0.4) is 0 Å². The molecular formula is C32H46N2O3. The van der Waals surface area contributed by atoms with Gasteiger partial charge in [-0.2, -0.15) is 0 Å². The summed E-state index contributed by atoms with van der Waals surface area (Å²) < 4.78 is 6.45. The summed E-state index contributed by atoms with van der Waals surface area (Å²) in [4.78, 5) is 8.54. The molecule has 0 bridgehead atoms. The number of aliphatic hydroxyl groups excluding tert-OH is 2. The van der Waals surface area contributed by atoms with Crippen molar-refractivity contribution in [2.24, 2.45) is 46.3 Å². The number of fused-ring (bicyclic) bond motifs is 5. The Morgan fingerprint density at radius 3 is 2.68 bits per heavy atom. The second kappa shape index (κ2) is 8.79. The molecule has 7 rings (SSSR count). The Kier molecular flexibility index (Phi) is 5.84. The van der Waals surface area contributed by atoms with Crippen molar-refractivity contribution in [3.63, 3.8) is 0 Å². The van der Waals surface area contributed by atoms with E-state index in [0.717, 1.165) is 61.3 Å². The van der Waals surface area contributed by atoms with E-state index >= 15 is 0 Å². The van der Waals surface area contributed by atoms with Gasteiger partial charge in [0.15, 0.2) is 0 Å². The summed E-state index contributed by atoms with van der Waals surface area (Å²) >= 11 is 0. The minimum absolute atomic E-state index is 0.183. The largest absolute Gasteiger partial charge is 0.393 e. The van der Waals surface area contributed by atoms with Gasteiger partial charge in [0.2, 0.25) is 0 Å². The van der Waals surface area contributed by atoms with Gasteiger partial charge < -0.3 is 19.9 Å². The predicted octanol–water partition coefficient (Wildman–Crippen LogP) is 5.81. The number of aromatic amines is 1. The third-order valence-corrected chi connectivity index (χ3v) is 12.8. The minimum atomic E-state index is -0.218. The highest BCUT2D eigenvalue weighted by Crippen LogP contribution is 2.72. The zero-order chi connectivity index (χ0) is 25.5. The van der Waals surface area contributed by atoms with Gasteiger partial charge in [-0.25, -0.2) is 4.98 Å². The summed E-state index contributed by atoms with van der Waals surface area (Å²) in [7, 11) is 1.96. The molecule has 37 heavy (non-hydrogen) atoms. The van der Waals surface area contributed by atoms with Crippen molar-refractivity contribution in [3.8, 4) is 0 Å². The maximum Gasteiger partial charge on any atom is 0.107 e. The fourth-order valence-electron chi connectivity index (χ4n) is 11.2. The van der Waals surface area contributed by atoms with Crippen LogP contribution in [0.4, 0.5) is 0 Å². The molecule has 5 saturated carbocycles. The van der Waals surface area contributed by atoms with Crippen molar-refractivity contribution in [1.29, 1.82) is 0 Å². The topological polar surface area (TPSA) is 78.4 Å². The van der Waals surface area contributed by atoms with Crippen LogP contribution in [0.5, 0.6) is 0 Å². The number of nitrogens with one attached hydrogen (secondary N) is 1. The zero-order valence-corrected chi connectivity index (χ0v) is 23.0. The minimum Gasteiger partial charge on any atom is -0.393 e. The summed E-state index contributed by atoms with van der Waals surface area (Å²) in [6, 6.07) is 6.39. The smallest absolute Gasteiger partial charge is 0.107 e. The van der Waals surface area contributed by atoms with Crippen molar-refractivity contribution in [1.82, 2.24) is 9.97 Å². The number of rotatable bonds is 4. The first kappa shape index (κ1) is 24.6. The van der Waals surface area contributed by atoms with Gasteiger partial charge in [-0.1, -0.05) is 19.1 Å². The molecule has 5 fully saturated rings. The van der Waals surface area contributed by atoms with E-state index in [1.165, 1.54) is 37.7 Å². The number of aliphatic hydroxyl groups is 2. The number of hydrogen-bond acceptors (Lipinski definition) is 4. The molecule has 3 N–H and O–H groups in total. The van der Waals surface area contributed by atoms with Gasteiger partial charge in [-0.3, -0.25) is 0 Å². The van der Waals surface area contributed by atoms with Crippen LogP contribution in [0, 0.1) is 53.3 Å². The average molecular weight is 507 g/mol. The molecule has 5 nitrogen and oxygen atoms in total. The molecule has 1 spiro atoms. The monoisotopic (exact) mass is 506 g/mol. The van der Waals surface area contributed by atoms with Crippen molar-refractivity contribution < 1.29 is 14.9 Å². The van der Waals surface area contributed by atoms with E-state index in [2.05, 4.69) is 37.0 Å². The summed E-state index contributed by atoms with van der Waals surface area (Å²) in [5.41, 5.74) is 3.99. The van der Waals surface area contributed by atoms with Crippen LogP contribution in [-0.4, -0.2) is 45.6 Å². The number of ether oxygens (including phenoxy) is 1. The molecule has 1 unspecified atom stereocenters. The lowest BCUT2D eigenvalue weighted by Crippen LogP contribution is -2.62. The molecule has 1 heterocycles. The second-order valence-corrected chi connectivity index (χ2v) is 14.0. The summed E-state index contributed by atoms with van der Waals surface area (Å²) in [6.07, 6.45) is 12.1. The number of aryl methyl sites for hydroxylation is 2. The number of aromatic nitrogens is 2. The van der Waals surface area contributed by atoms with Gasteiger partial charge in [0.05, 0.1) is 29.3 Å². The summed E-state index contributed by atoms with van der Waals surface area (Å²) in [5.74, 6) is 4.52. The number of methoxy groups -OCH3 is 1. The fraction of sp³-hybridized carbons (Fsp3) is 0.781. The van der Waals surface area contributed by atoms with Crippen LogP contribution in [-0.2, 0) is 11.2 Å². The normalized spacial score (nSPS) is 46.9. The van der Waals surface area contributed by atoms with E-state index in [9.17, 15) is 10.2 Å². The Labute approximate surface area is 221 Å². The SMILES string of the molecule is CO[C@H]1C[C@H]2[C@@H]([C@H](O)C[C@@H]3C[C@H](O)CC[C@@]32C)[C@@H]2CC[C@@H]3C(CCc4nc5c(C)cccc5[nH]4)CC[C@@]132. The van der Waals surface area contributed by atoms with Gasteiger partial charge in [0.25, 0.3) is 0 Å². The lowest BCUT2D eigenvalue weighted by atomic mass is 9.43. The molecule has 1 aromatic carbocycles. The molecule has 202 valence electrons. The summed E-state index contributed by atoms with van der Waals surface area (Å²) in [5, 5.41) is 22.1. The average Bonchev–Trinajstić information content (AvgIpc) is 3.56. The highest BCUT2D eigenvalue weighted by molar-refractivity contribution is 5.78. The van der Waals surface area contributed by atoms with E-state index in [1.807, 2.05) is 7.11 Å². The van der Waals surface area contributed by atoms with Crippen molar-refractivity contribution in [2.45, 2.75) is 103 Å². The maximum absolute atomic E-state index is 11.6. The molecule has 2 aromatic rings. The van der Waals surface area contributed by atoms with Gasteiger partial charge in [0.1, 0.15) is 5.82 Å². The number of nitrogens with zero attached hydrogens (tertiary/aromatic N) is 1. The van der Waals surface area contributed by atoms with Gasteiger partial charge in [-0.05, 0) is 124 Å². The Morgan fingerprint density at radius 2 is 1.86 bits per heavy atom. The maximum atomic E-state index is 11.6. The second-order valence-electron chi connectivity index (χ2n) is 14.0. The first-order valence-corrected chi connectivity index (χ1v) is 15.2. The zero-order valence-electron chi connectivity index (χ0n) is 23.0. The third-order valence-electron chi connectivity index (χ3n) is 12.8. The first-order valence-electron chi connectivity index (χ1n) is 15.2. The van der Waals surface area contributed by atoms with Crippen molar-refractivity contribution in [3.05, 3.63) is 29.6 Å². The van der Waals surface area contributed by atoms with E-state index in [-0.39, 0.29) is 23.0 Å². The fourth-order valence-corrected chi connectivity index (χ4v) is 11.2. The van der Waals surface area contributed by atoms with E-state index in [1.54, 1.807) is 0 Å². The Balaban J connectivity index is 1.14. The van der Waals surface area contributed by atoms with E-state index in [0.29, 0.717) is 35.7 Å².